The molecule has 0 fully saturated rings. The van der Waals surface area contributed by atoms with Crippen LogP contribution in [0.25, 0.3) is 10.8 Å². The summed E-state index contributed by atoms with van der Waals surface area (Å²) in [6.45, 7) is 2.87. The van der Waals surface area contributed by atoms with Crippen LogP contribution in [-0.2, 0) is 12.6 Å². The van der Waals surface area contributed by atoms with Crippen LogP contribution in [0.5, 0.6) is 0 Å². The number of hydrogen-bond donors (Lipinski definition) is 1. The molecule has 0 bridgehead atoms. The van der Waals surface area contributed by atoms with Crippen LogP contribution in [0.15, 0.2) is 66.7 Å². The minimum absolute atomic E-state index is 0. The smallest absolute Gasteiger partial charge is 0.310 e. The monoisotopic (exact) mass is 437 g/mol. The Morgan fingerprint density at radius 2 is 1.63 bits per heavy atom. The molecule has 3 aromatic rings. The van der Waals surface area contributed by atoms with Crippen molar-refractivity contribution in [3.8, 4) is 0 Å². The minimum atomic E-state index is -4.28. The Kier molecular flexibility index (Phi) is 7.45. The molecule has 0 aliphatic carbocycles. The number of fused-ring (bicyclic) bond motifs is 1. The second-order valence-electron chi connectivity index (χ2n) is 6.55. The lowest BCUT2D eigenvalue weighted by Gasteiger charge is -2.17. The first-order valence-corrected chi connectivity index (χ1v) is 8.82. The van der Waals surface area contributed by atoms with Crippen molar-refractivity contribution in [2.75, 3.05) is 6.54 Å². The van der Waals surface area contributed by atoms with Crippen molar-refractivity contribution in [2.45, 2.75) is 32.0 Å². The summed E-state index contributed by atoms with van der Waals surface area (Å²) in [6, 6.07) is 20.3. The number of rotatable bonds is 6. The maximum absolute atomic E-state index is 12.8. The molecular formula is C22H23BrF3N. The maximum atomic E-state index is 12.8. The molecule has 0 saturated heterocycles. The van der Waals surface area contributed by atoms with Crippen LogP contribution in [0.1, 0.15) is 36.1 Å². The Labute approximate surface area is 168 Å². The summed E-state index contributed by atoms with van der Waals surface area (Å²) in [7, 11) is 0. The molecule has 3 aromatic carbocycles. The van der Waals surface area contributed by atoms with Crippen molar-refractivity contribution in [3.05, 3.63) is 83.4 Å². The fraction of sp³-hybridized carbons (Fsp3) is 0.273. The molecule has 0 heterocycles. The van der Waals surface area contributed by atoms with Gasteiger partial charge in [-0.2, -0.15) is 13.2 Å². The van der Waals surface area contributed by atoms with Crippen molar-refractivity contribution in [1.29, 1.82) is 0 Å². The van der Waals surface area contributed by atoms with Crippen LogP contribution in [0.2, 0.25) is 0 Å². The van der Waals surface area contributed by atoms with Crippen molar-refractivity contribution < 1.29 is 13.2 Å². The van der Waals surface area contributed by atoms with E-state index in [-0.39, 0.29) is 23.0 Å². The van der Waals surface area contributed by atoms with Gasteiger partial charge in [-0.15, -0.1) is 17.0 Å². The number of aryl methyl sites for hydroxylation is 1. The highest BCUT2D eigenvalue weighted by Gasteiger charge is 2.30. The van der Waals surface area contributed by atoms with Crippen LogP contribution >= 0.6 is 17.0 Å². The number of halogens is 4. The number of alkyl halides is 3. The molecule has 27 heavy (non-hydrogen) atoms. The van der Waals surface area contributed by atoms with Gasteiger partial charge in [0.2, 0.25) is 0 Å². The third-order valence-electron chi connectivity index (χ3n) is 4.64. The highest BCUT2D eigenvalue weighted by atomic mass is 79.9. The molecular weight excluding hydrogens is 415 g/mol. The Hall–Kier alpha value is -1.85. The van der Waals surface area contributed by atoms with Gasteiger partial charge in [-0.3, -0.25) is 0 Å². The van der Waals surface area contributed by atoms with Crippen molar-refractivity contribution in [1.82, 2.24) is 5.32 Å². The van der Waals surface area contributed by atoms with E-state index in [2.05, 4.69) is 42.6 Å². The molecule has 3 rings (SSSR count). The lowest BCUT2D eigenvalue weighted by molar-refractivity contribution is -0.137. The summed E-state index contributed by atoms with van der Waals surface area (Å²) in [5, 5.41) is 5.92. The van der Waals surface area contributed by atoms with Crippen LogP contribution in [0.4, 0.5) is 13.2 Å². The van der Waals surface area contributed by atoms with Crippen molar-refractivity contribution >= 4 is 27.8 Å². The molecule has 0 aromatic heterocycles. The van der Waals surface area contributed by atoms with E-state index in [1.54, 1.807) is 6.07 Å². The molecule has 0 aliphatic heterocycles. The van der Waals surface area contributed by atoms with E-state index >= 15 is 0 Å². The van der Waals surface area contributed by atoms with Gasteiger partial charge < -0.3 is 5.32 Å². The number of nitrogens with one attached hydrogen (secondary N) is 1. The number of hydrogen-bond acceptors (Lipinski definition) is 1. The summed E-state index contributed by atoms with van der Waals surface area (Å²) in [5.74, 6) is 0. The van der Waals surface area contributed by atoms with Crippen molar-refractivity contribution in [3.63, 3.8) is 0 Å². The molecule has 144 valence electrons. The van der Waals surface area contributed by atoms with E-state index < -0.39 is 11.7 Å². The Balaban J connectivity index is 0.00000261. The second-order valence-corrected chi connectivity index (χ2v) is 6.55. The Morgan fingerprint density at radius 3 is 2.41 bits per heavy atom. The molecule has 1 N–H and O–H groups in total. The molecule has 0 aliphatic rings. The first-order chi connectivity index (χ1) is 12.4. The fourth-order valence-electron chi connectivity index (χ4n) is 3.25. The van der Waals surface area contributed by atoms with Crippen LogP contribution < -0.4 is 5.32 Å². The Bertz CT molecular complexity index is 871. The molecule has 0 spiro atoms. The third-order valence-corrected chi connectivity index (χ3v) is 4.64. The molecule has 0 saturated carbocycles. The third kappa shape index (κ3) is 5.56. The summed E-state index contributed by atoms with van der Waals surface area (Å²) in [4.78, 5) is 0. The molecule has 1 nitrogen and oxygen atoms in total. The quantitative estimate of drug-likeness (QED) is 0.422. The predicted octanol–water partition coefficient (Wildman–Crippen LogP) is 6.72. The summed E-state index contributed by atoms with van der Waals surface area (Å²) < 4.78 is 38.3. The van der Waals surface area contributed by atoms with E-state index in [0.717, 1.165) is 24.6 Å². The summed E-state index contributed by atoms with van der Waals surface area (Å²) >= 11 is 0. The topological polar surface area (TPSA) is 12.0 Å². The van der Waals surface area contributed by atoms with Gasteiger partial charge in [-0.25, -0.2) is 0 Å². The first kappa shape index (κ1) is 21.5. The zero-order valence-electron chi connectivity index (χ0n) is 15.1. The summed E-state index contributed by atoms with van der Waals surface area (Å²) in [5.41, 5.74) is 1.38. The summed E-state index contributed by atoms with van der Waals surface area (Å²) in [6.07, 6.45) is -2.87. The highest BCUT2D eigenvalue weighted by Crippen LogP contribution is 2.29. The highest BCUT2D eigenvalue weighted by molar-refractivity contribution is 8.93. The van der Waals surface area contributed by atoms with Crippen LogP contribution in [0, 0.1) is 0 Å². The maximum Gasteiger partial charge on any atom is 0.416 e. The van der Waals surface area contributed by atoms with Gasteiger partial charge in [0.05, 0.1) is 5.56 Å². The number of benzene rings is 3. The van der Waals surface area contributed by atoms with Gasteiger partial charge in [0.15, 0.2) is 0 Å². The van der Waals surface area contributed by atoms with E-state index in [1.165, 1.54) is 28.5 Å². The van der Waals surface area contributed by atoms with Gasteiger partial charge in [0.25, 0.3) is 0 Å². The molecule has 5 heteroatoms. The minimum Gasteiger partial charge on any atom is -0.310 e. The molecule has 0 radical (unpaired) electrons. The van der Waals surface area contributed by atoms with Gasteiger partial charge in [-0.05, 0) is 54.3 Å². The molecule has 0 amide bonds. The van der Waals surface area contributed by atoms with E-state index in [0.29, 0.717) is 6.42 Å². The fourth-order valence-corrected chi connectivity index (χ4v) is 3.25. The van der Waals surface area contributed by atoms with Gasteiger partial charge in [-0.1, -0.05) is 60.7 Å². The average Bonchev–Trinajstić information content (AvgIpc) is 2.64. The van der Waals surface area contributed by atoms with Gasteiger partial charge in [0, 0.05) is 6.04 Å². The first-order valence-electron chi connectivity index (χ1n) is 8.82. The average molecular weight is 438 g/mol. The van der Waals surface area contributed by atoms with Gasteiger partial charge in [0.1, 0.15) is 0 Å². The largest absolute Gasteiger partial charge is 0.416 e. The van der Waals surface area contributed by atoms with Gasteiger partial charge >= 0.3 is 6.18 Å². The van der Waals surface area contributed by atoms with E-state index in [1.807, 2.05) is 12.1 Å². The lowest BCUT2D eigenvalue weighted by Crippen LogP contribution is -2.20. The van der Waals surface area contributed by atoms with Crippen LogP contribution in [-0.4, -0.2) is 6.54 Å². The lowest BCUT2D eigenvalue weighted by atomic mass is 9.99. The zero-order chi connectivity index (χ0) is 18.6. The second kappa shape index (κ2) is 9.38. The SMILES string of the molecule is Br.C[C@@H](NCCCc1cccc(C(F)(F)F)c1)c1cccc2ccccc12. The zero-order valence-corrected chi connectivity index (χ0v) is 16.8. The van der Waals surface area contributed by atoms with Crippen LogP contribution in [0.3, 0.4) is 0 Å². The normalized spacial score (nSPS) is 12.6. The Morgan fingerprint density at radius 1 is 0.926 bits per heavy atom. The predicted molar refractivity (Wildman–Crippen MR) is 110 cm³/mol. The van der Waals surface area contributed by atoms with E-state index in [4.69, 9.17) is 0 Å². The molecule has 1 atom stereocenters. The van der Waals surface area contributed by atoms with E-state index in [9.17, 15) is 13.2 Å². The van der Waals surface area contributed by atoms with Crippen molar-refractivity contribution in [2.24, 2.45) is 0 Å². The standard InChI is InChI=1S/C22H22F3N.BrH/c1-16(20-13-5-10-18-9-2-3-12-21(18)20)26-14-6-8-17-7-4-11-19(15-17)22(23,24)25;/h2-5,7,9-13,15-16,26H,6,8,14H2,1H3;1H/t16-;/m1./s1. The molecule has 0 unspecified atom stereocenters.